The molecule has 0 atom stereocenters. The van der Waals surface area contributed by atoms with Gasteiger partial charge in [-0.2, -0.15) is 0 Å². The number of nitrogens with one attached hydrogen (secondary N) is 2. The number of carbonyl (C=O) groups excluding carboxylic acids is 1. The summed E-state index contributed by atoms with van der Waals surface area (Å²) in [5.74, 6) is 0.443. The number of halogens is 2. The van der Waals surface area contributed by atoms with Gasteiger partial charge in [0.1, 0.15) is 5.82 Å². The fraction of sp³-hybridized carbons (Fsp3) is 0.0769. The smallest absolute Gasteiger partial charge is 0.255 e. The molecule has 2 N–H and O–H groups in total. The zero-order chi connectivity index (χ0) is 13.8. The summed E-state index contributed by atoms with van der Waals surface area (Å²) in [7, 11) is 1.75. The fourth-order valence-electron chi connectivity index (χ4n) is 1.49. The van der Waals surface area contributed by atoms with Crippen molar-refractivity contribution >= 4 is 44.9 Å². The molecule has 6 heteroatoms. The summed E-state index contributed by atoms with van der Waals surface area (Å²) in [5, 5.41) is 6.28. The van der Waals surface area contributed by atoms with Gasteiger partial charge in [-0.15, -0.1) is 0 Å². The SMILES string of the molecule is CNc1cc(C(=O)Nc2ccc(Cl)c(Br)c2)ccn1. The van der Waals surface area contributed by atoms with Gasteiger partial charge in [0.15, 0.2) is 0 Å². The standard InChI is InChI=1S/C13H11BrClN3O/c1-16-12-6-8(4-5-17-12)13(19)18-9-2-3-11(15)10(14)7-9/h2-7H,1H3,(H,16,17)(H,18,19). The Bertz CT molecular complexity index is 619. The highest BCUT2D eigenvalue weighted by Crippen LogP contribution is 2.25. The number of carbonyl (C=O) groups is 1. The first kappa shape index (κ1) is 13.8. The third-order valence-electron chi connectivity index (χ3n) is 2.46. The molecule has 1 aromatic heterocycles. The Morgan fingerprint density at radius 3 is 2.79 bits per heavy atom. The highest BCUT2D eigenvalue weighted by molar-refractivity contribution is 9.10. The Kier molecular flexibility index (Phi) is 4.39. The van der Waals surface area contributed by atoms with Crippen molar-refractivity contribution < 1.29 is 4.79 Å². The normalized spacial score (nSPS) is 10.1. The van der Waals surface area contributed by atoms with Crippen molar-refractivity contribution in [2.24, 2.45) is 0 Å². The third-order valence-corrected chi connectivity index (χ3v) is 3.67. The molecule has 0 fully saturated rings. The number of hydrogen-bond donors (Lipinski definition) is 2. The van der Waals surface area contributed by atoms with Crippen molar-refractivity contribution in [3.63, 3.8) is 0 Å². The number of anilines is 2. The lowest BCUT2D eigenvalue weighted by Gasteiger charge is -2.07. The molecule has 0 aliphatic rings. The Morgan fingerprint density at radius 1 is 1.32 bits per heavy atom. The average molecular weight is 341 g/mol. The number of amides is 1. The van der Waals surface area contributed by atoms with Gasteiger partial charge in [0, 0.05) is 29.0 Å². The van der Waals surface area contributed by atoms with Crippen LogP contribution in [0.25, 0.3) is 0 Å². The van der Waals surface area contributed by atoms with E-state index in [0.29, 0.717) is 22.1 Å². The molecule has 1 aromatic carbocycles. The topological polar surface area (TPSA) is 54.0 Å². The Labute approximate surface area is 124 Å². The summed E-state index contributed by atoms with van der Waals surface area (Å²) in [4.78, 5) is 16.1. The minimum Gasteiger partial charge on any atom is -0.373 e. The quantitative estimate of drug-likeness (QED) is 0.894. The van der Waals surface area contributed by atoms with Crippen LogP contribution in [0.4, 0.5) is 11.5 Å². The second-order valence-electron chi connectivity index (χ2n) is 3.76. The number of benzene rings is 1. The minimum atomic E-state index is -0.201. The Morgan fingerprint density at radius 2 is 2.11 bits per heavy atom. The van der Waals surface area contributed by atoms with Crippen molar-refractivity contribution in [3.05, 3.63) is 51.6 Å². The molecular formula is C13H11BrClN3O. The molecule has 0 saturated heterocycles. The van der Waals surface area contributed by atoms with E-state index in [4.69, 9.17) is 11.6 Å². The summed E-state index contributed by atoms with van der Waals surface area (Å²) in [5.41, 5.74) is 1.20. The first-order valence-corrected chi connectivity index (χ1v) is 6.67. The van der Waals surface area contributed by atoms with Crippen molar-refractivity contribution in [3.8, 4) is 0 Å². The molecule has 98 valence electrons. The molecular weight excluding hydrogens is 330 g/mol. The largest absolute Gasteiger partial charge is 0.373 e. The highest BCUT2D eigenvalue weighted by Gasteiger charge is 2.08. The molecule has 1 amide bonds. The van der Waals surface area contributed by atoms with Gasteiger partial charge in [0.25, 0.3) is 5.91 Å². The van der Waals surface area contributed by atoms with Gasteiger partial charge in [-0.1, -0.05) is 11.6 Å². The lowest BCUT2D eigenvalue weighted by atomic mass is 10.2. The van der Waals surface area contributed by atoms with Crippen LogP contribution in [-0.2, 0) is 0 Å². The van der Waals surface area contributed by atoms with Crippen molar-refractivity contribution in [1.29, 1.82) is 0 Å². The predicted molar refractivity (Wildman–Crippen MR) is 80.9 cm³/mol. The van der Waals surface area contributed by atoms with E-state index in [1.54, 1.807) is 43.6 Å². The molecule has 0 aliphatic heterocycles. The predicted octanol–water partition coefficient (Wildman–Crippen LogP) is 3.79. The summed E-state index contributed by atoms with van der Waals surface area (Å²) < 4.78 is 0.734. The fourth-order valence-corrected chi connectivity index (χ4v) is 1.98. The molecule has 0 unspecified atom stereocenters. The molecule has 19 heavy (non-hydrogen) atoms. The van der Waals surface area contributed by atoms with Gasteiger partial charge in [-0.3, -0.25) is 4.79 Å². The van der Waals surface area contributed by atoms with E-state index in [0.717, 1.165) is 4.47 Å². The number of hydrogen-bond acceptors (Lipinski definition) is 3. The van der Waals surface area contributed by atoms with Crippen LogP contribution in [0.3, 0.4) is 0 Å². The van der Waals surface area contributed by atoms with Gasteiger partial charge >= 0.3 is 0 Å². The van der Waals surface area contributed by atoms with E-state index in [2.05, 4.69) is 31.5 Å². The Balaban J connectivity index is 2.18. The van der Waals surface area contributed by atoms with Crippen LogP contribution in [0.1, 0.15) is 10.4 Å². The molecule has 0 spiro atoms. The maximum absolute atomic E-state index is 12.1. The van der Waals surface area contributed by atoms with E-state index in [9.17, 15) is 4.79 Å². The van der Waals surface area contributed by atoms with Gasteiger partial charge in [-0.25, -0.2) is 4.98 Å². The number of nitrogens with zero attached hydrogens (tertiary/aromatic N) is 1. The van der Waals surface area contributed by atoms with Crippen LogP contribution in [0.5, 0.6) is 0 Å². The number of pyridine rings is 1. The molecule has 2 rings (SSSR count). The van der Waals surface area contributed by atoms with E-state index < -0.39 is 0 Å². The van der Waals surface area contributed by atoms with Crippen LogP contribution >= 0.6 is 27.5 Å². The van der Waals surface area contributed by atoms with E-state index >= 15 is 0 Å². The van der Waals surface area contributed by atoms with E-state index in [1.807, 2.05) is 0 Å². The zero-order valence-corrected chi connectivity index (χ0v) is 12.4. The maximum atomic E-state index is 12.1. The van der Waals surface area contributed by atoms with Crippen LogP contribution in [0.15, 0.2) is 41.0 Å². The van der Waals surface area contributed by atoms with Gasteiger partial charge in [-0.05, 0) is 46.3 Å². The summed E-state index contributed by atoms with van der Waals surface area (Å²) in [6, 6.07) is 8.54. The van der Waals surface area contributed by atoms with Gasteiger partial charge < -0.3 is 10.6 Å². The monoisotopic (exact) mass is 339 g/mol. The van der Waals surface area contributed by atoms with Crippen molar-refractivity contribution in [2.75, 3.05) is 17.7 Å². The summed E-state index contributed by atoms with van der Waals surface area (Å²) in [6.07, 6.45) is 1.58. The average Bonchev–Trinajstić information content (AvgIpc) is 2.43. The lowest BCUT2D eigenvalue weighted by Crippen LogP contribution is -2.12. The van der Waals surface area contributed by atoms with E-state index in [1.165, 1.54) is 0 Å². The van der Waals surface area contributed by atoms with Crippen LogP contribution in [-0.4, -0.2) is 17.9 Å². The van der Waals surface area contributed by atoms with E-state index in [-0.39, 0.29) is 5.91 Å². The highest BCUT2D eigenvalue weighted by atomic mass is 79.9. The second kappa shape index (κ2) is 6.04. The Hall–Kier alpha value is -1.59. The maximum Gasteiger partial charge on any atom is 0.255 e. The molecule has 2 aromatic rings. The molecule has 1 heterocycles. The zero-order valence-electron chi connectivity index (χ0n) is 10.1. The lowest BCUT2D eigenvalue weighted by molar-refractivity contribution is 0.102. The van der Waals surface area contributed by atoms with Gasteiger partial charge in [0.2, 0.25) is 0 Å². The van der Waals surface area contributed by atoms with Crippen LogP contribution in [0.2, 0.25) is 5.02 Å². The molecule has 0 bridgehead atoms. The molecule has 0 radical (unpaired) electrons. The number of rotatable bonds is 3. The second-order valence-corrected chi connectivity index (χ2v) is 5.02. The molecule has 4 nitrogen and oxygen atoms in total. The van der Waals surface area contributed by atoms with Crippen molar-refractivity contribution in [1.82, 2.24) is 4.98 Å². The first-order chi connectivity index (χ1) is 9.10. The van der Waals surface area contributed by atoms with Crippen LogP contribution in [0, 0.1) is 0 Å². The van der Waals surface area contributed by atoms with Crippen LogP contribution < -0.4 is 10.6 Å². The first-order valence-electron chi connectivity index (χ1n) is 5.50. The van der Waals surface area contributed by atoms with Crippen molar-refractivity contribution in [2.45, 2.75) is 0 Å². The summed E-state index contributed by atoms with van der Waals surface area (Å²) >= 11 is 9.21. The van der Waals surface area contributed by atoms with Gasteiger partial charge in [0.05, 0.1) is 5.02 Å². The third kappa shape index (κ3) is 3.45. The summed E-state index contributed by atoms with van der Waals surface area (Å²) in [6.45, 7) is 0. The number of aromatic nitrogens is 1. The minimum absolute atomic E-state index is 0.201. The molecule has 0 aliphatic carbocycles. The molecule has 0 saturated carbocycles.